The van der Waals surface area contributed by atoms with Crippen molar-refractivity contribution < 1.29 is 4.74 Å². The van der Waals surface area contributed by atoms with Crippen LogP contribution in [0.25, 0.3) is 0 Å². The molecule has 1 aromatic heterocycles. The van der Waals surface area contributed by atoms with Gasteiger partial charge < -0.3 is 10.1 Å². The van der Waals surface area contributed by atoms with Crippen LogP contribution in [0.2, 0.25) is 0 Å². The highest BCUT2D eigenvalue weighted by atomic mass is 79.9. The van der Waals surface area contributed by atoms with Crippen molar-refractivity contribution in [3.05, 3.63) is 45.2 Å². The van der Waals surface area contributed by atoms with Crippen LogP contribution in [-0.4, -0.2) is 23.9 Å². The zero-order valence-corrected chi connectivity index (χ0v) is 13.9. The topological polar surface area (TPSA) is 39.1 Å². The number of halogens is 1. The molecule has 0 bridgehead atoms. The molecule has 0 saturated carbocycles. The van der Waals surface area contributed by atoms with E-state index >= 15 is 0 Å². The van der Waals surface area contributed by atoms with E-state index in [1.165, 1.54) is 11.3 Å². The molecule has 2 aromatic rings. The largest absolute Gasteiger partial charge is 0.496 e. The summed E-state index contributed by atoms with van der Waals surface area (Å²) in [5.41, 5.74) is 4.65. The number of ether oxygens (including phenoxy) is 1. The Morgan fingerprint density at radius 2 is 2.10 bits per heavy atom. The van der Waals surface area contributed by atoms with Crippen LogP contribution < -0.4 is 10.1 Å². The zero-order valence-electron chi connectivity index (χ0n) is 12.3. The number of rotatable bonds is 5. The highest BCUT2D eigenvalue weighted by Crippen LogP contribution is 2.25. The van der Waals surface area contributed by atoms with Crippen LogP contribution in [0.4, 0.5) is 0 Å². The molecule has 0 unspecified atom stereocenters. The van der Waals surface area contributed by atoms with Crippen molar-refractivity contribution in [1.82, 2.24) is 15.1 Å². The Morgan fingerprint density at radius 3 is 2.75 bits per heavy atom. The van der Waals surface area contributed by atoms with Gasteiger partial charge in [-0.1, -0.05) is 15.9 Å². The van der Waals surface area contributed by atoms with Gasteiger partial charge in [0.2, 0.25) is 0 Å². The fraction of sp³-hybridized carbons (Fsp3) is 0.400. The summed E-state index contributed by atoms with van der Waals surface area (Å²) in [4.78, 5) is 0. The van der Waals surface area contributed by atoms with Crippen molar-refractivity contribution in [1.29, 1.82) is 0 Å². The van der Waals surface area contributed by atoms with Gasteiger partial charge in [0.05, 0.1) is 19.3 Å². The van der Waals surface area contributed by atoms with Gasteiger partial charge in [0.25, 0.3) is 0 Å². The minimum atomic E-state index is 0.707. The maximum atomic E-state index is 5.42. The zero-order chi connectivity index (χ0) is 14.7. The molecule has 1 aromatic carbocycles. The third-order valence-electron chi connectivity index (χ3n) is 3.45. The van der Waals surface area contributed by atoms with E-state index in [1.54, 1.807) is 7.11 Å². The van der Waals surface area contributed by atoms with Crippen LogP contribution in [-0.2, 0) is 13.1 Å². The molecule has 0 aliphatic rings. The summed E-state index contributed by atoms with van der Waals surface area (Å²) in [6, 6.07) is 6.03. The van der Waals surface area contributed by atoms with Crippen molar-refractivity contribution in [3.8, 4) is 5.75 Å². The molecule has 1 N–H and O–H groups in total. The quantitative estimate of drug-likeness (QED) is 0.911. The molecule has 0 amide bonds. The highest BCUT2D eigenvalue weighted by Gasteiger charge is 2.12. The standard InChI is InChI=1S/C15H20BrN3O/c1-10-14(8-17-3)11(2)19(18-10)9-12-7-13(16)5-6-15(12)20-4/h5-7,17H,8-9H2,1-4H3. The SMILES string of the molecule is CNCc1c(C)nn(Cc2cc(Br)ccc2OC)c1C. The van der Waals surface area contributed by atoms with Gasteiger partial charge >= 0.3 is 0 Å². The van der Waals surface area contributed by atoms with Gasteiger partial charge in [-0.15, -0.1) is 0 Å². The second kappa shape index (κ2) is 6.41. The fourth-order valence-electron chi connectivity index (χ4n) is 2.35. The molecular formula is C15H20BrN3O. The first-order valence-electron chi connectivity index (χ1n) is 6.56. The summed E-state index contributed by atoms with van der Waals surface area (Å²) in [7, 11) is 3.65. The van der Waals surface area contributed by atoms with Crippen LogP contribution in [0.15, 0.2) is 22.7 Å². The predicted octanol–water partition coefficient (Wildman–Crippen LogP) is 3.04. The first-order valence-corrected chi connectivity index (χ1v) is 7.36. The van der Waals surface area contributed by atoms with Gasteiger partial charge in [-0.2, -0.15) is 5.10 Å². The monoisotopic (exact) mass is 337 g/mol. The Bertz CT molecular complexity index is 607. The van der Waals surface area contributed by atoms with E-state index in [9.17, 15) is 0 Å². The number of aromatic nitrogens is 2. The number of aryl methyl sites for hydroxylation is 1. The van der Waals surface area contributed by atoms with E-state index in [1.807, 2.05) is 30.8 Å². The minimum absolute atomic E-state index is 0.707. The van der Waals surface area contributed by atoms with E-state index in [0.717, 1.165) is 28.0 Å². The number of methoxy groups -OCH3 is 1. The van der Waals surface area contributed by atoms with E-state index in [4.69, 9.17) is 4.74 Å². The van der Waals surface area contributed by atoms with Gasteiger partial charge in [0.1, 0.15) is 5.75 Å². The van der Waals surface area contributed by atoms with Gasteiger partial charge in [-0.25, -0.2) is 0 Å². The Hall–Kier alpha value is -1.33. The lowest BCUT2D eigenvalue weighted by molar-refractivity contribution is 0.407. The van der Waals surface area contributed by atoms with Gasteiger partial charge in [0.15, 0.2) is 0 Å². The average molecular weight is 338 g/mol. The molecule has 108 valence electrons. The third-order valence-corrected chi connectivity index (χ3v) is 3.94. The summed E-state index contributed by atoms with van der Waals surface area (Å²) in [6.45, 7) is 5.71. The van der Waals surface area contributed by atoms with Crippen LogP contribution in [0.3, 0.4) is 0 Å². The molecular weight excluding hydrogens is 318 g/mol. The highest BCUT2D eigenvalue weighted by molar-refractivity contribution is 9.10. The van der Waals surface area contributed by atoms with Crippen LogP contribution in [0.5, 0.6) is 5.75 Å². The summed E-state index contributed by atoms with van der Waals surface area (Å²) < 4.78 is 8.50. The molecule has 0 saturated heterocycles. The third kappa shape index (κ3) is 3.04. The van der Waals surface area contributed by atoms with Crippen molar-refractivity contribution in [2.75, 3.05) is 14.2 Å². The molecule has 0 atom stereocenters. The molecule has 0 fully saturated rings. The van der Waals surface area contributed by atoms with Crippen LogP contribution >= 0.6 is 15.9 Å². The lowest BCUT2D eigenvalue weighted by Crippen LogP contribution is -2.09. The van der Waals surface area contributed by atoms with Gasteiger partial charge in [0, 0.05) is 27.8 Å². The number of benzene rings is 1. The molecule has 0 aliphatic carbocycles. The summed E-state index contributed by atoms with van der Waals surface area (Å²) in [6.07, 6.45) is 0. The summed E-state index contributed by atoms with van der Waals surface area (Å²) >= 11 is 3.51. The van der Waals surface area contributed by atoms with Crippen molar-refractivity contribution in [2.45, 2.75) is 26.9 Å². The smallest absolute Gasteiger partial charge is 0.124 e. The molecule has 20 heavy (non-hydrogen) atoms. The maximum absolute atomic E-state index is 5.42. The number of hydrogen-bond donors (Lipinski definition) is 1. The summed E-state index contributed by atoms with van der Waals surface area (Å²) in [5.74, 6) is 0.885. The second-order valence-corrected chi connectivity index (χ2v) is 5.71. The molecule has 5 heteroatoms. The normalized spacial score (nSPS) is 10.8. The minimum Gasteiger partial charge on any atom is -0.496 e. The Balaban J connectivity index is 2.35. The molecule has 1 heterocycles. The lowest BCUT2D eigenvalue weighted by atomic mass is 10.2. The number of nitrogens with zero attached hydrogens (tertiary/aromatic N) is 2. The number of hydrogen-bond acceptors (Lipinski definition) is 3. The molecule has 0 spiro atoms. The van der Waals surface area contributed by atoms with Crippen LogP contribution in [0, 0.1) is 13.8 Å². The van der Waals surface area contributed by atoms with E-state index in [2.05, 4.69) is 39.3 Å². The first kappa shape index (κ1) is 15.1. The average Bonchev–Trinajstić information content (AvgIpc) is 2.67. The van der Waals surface area contributed by atoms with E-state index < -0.39 is 0 Å². The molecule has 0 aliphatic heterocycles. The predicted molar refractivity (Wildman–Crippen MR) is 84.3 cm³/mol. The van der Waals surface area contributed by atoms with Crippen molar-refractivity contribution in [2.24, 2.45) is 0 Å². The Labute approximate surface area is 128 Å². The number of nitrogens with one attached hydrogen (secondary N) is 1. The summed E-state index contributed by atoms with van der Waals surface area (Å²) in [5, 5.41) is 7.82. The fourth-order valence-corrected chi connectivity index (χ4v) is 2.76. The second-order valence-electron chi connectivity index (χ2n) is 4.79. The van der Waals surface area contributed by atoms with E-state index in [0.29, 0.717) is 6.54 Å². The Morgan fingerprint density at radius 1 is 1.35 bits per heavy atom. The molecule has 0 radical (unpaired) electrons. The lowest BCUT2D eigenvalue weighted by Gasteiger charge is -2.11. The van der Waals surface area contributed by atoms with Crippen LogP contribution in [0.1, 0.15) is 22.5 Å². The van der Waals surface area contributed by atoms with Crippen molar-refractivity contribution >= 4 is 15.9 Å². The Kier molecular flexibility index (Phi) is 4.83. The van der Waals surface area contributed by atoms with Crippen molar-refractivity contribution in [3.63, 3.8) is 0 Å². The van der Waals surface area contributed by atoms with E-state index in [-0.39, 0.29) is 0 Å². The van der Waals surface area contributed by atoms with Gasteiger partial charge in [-0.05, 0) is 39.1 Å². The van der Waals surface area contributed by atoms with Gasteiger partial charge in [-0.3, -0.25) is 4.68 Å². The molecule has 4 nitrogen and oxygen atoms in total. The first-order chi connectivity index (χ1) is 9.56. The maximum Gasteiger partial charge on any atom is 0.124 e. The molecule has 2 rings (SSSR count).